The van der Waals surface area contributed by atoms with Crippen LogP contribution in [0.5, 0.6) is 0 Å². The monoisotopic (exact) mass is 245 g/mol. The maximum atomic E-state index is 13.0. The highest BCUT2D eigenvalue weighted by atomic mass is 19.1. The Hall–Kier alpha value is -1.94. The normalized spacial score (nSPS) is 22.5. The standard InChI is InChI=1S/C14H12FNO2/c15-12-3-1-10(2-4-12)14(6-8-18-14)11-5-7-16-13(17)9-11/h1-5,7,9H,6,8H2,(H,16,17). The summed E-state index contributed by atoms with van der Waals surface area (Å²) in [4.78, 5) is 14.0. The molecule has 0 bridgehead atoms. The van der Waals surface area contributed by atoms with E-state index in [9.17, 15) is 9.18 Å². The Balaban J connectivity index is 2.10. The van der Waals surface area contributed by atoms with Gasteiger partial charge in [0.1, 0.15) is 11.4 Å². The number of ether oxygens (including phenoxy) is 1. The number of hydrogen-bond donors (Lipinski definition) is 1. The van der Waals surface area contributed by atoms with E-state index in [1.54, 1.807) is 18.3 Å². The highest BCUT2D eigenvalue weighted by Crippen LogP contribution is 2.42. The van der Waals surface area contributed by atoms with E-state index in [1.165, 1.54) is 18.2 Å². The molecule has 1 saturated heterocycles. The third kappa shape index (κ3) is 1.66. The molecule has 0 spiro atoms. The number of benzene rings is 1. The Morgan fingerprint density at radius 3 is 2.44 bits per heavy atom. The quantitative estimate of drug-likeness (QED) is 0.881. The lowest BCUT2D eigenvalue weighted by Gasteiger charge is -2.42. The van der Waals surface area contributed by atoms with Gasteiger partial charge in [0, 0.05) is 18.7 Å². The Kier molecular flexibility index (Phi) is 2.52. The van der Waals surface area contributed by atoms with Crippen molar-refractivity contribution in [3.05, 3.63) is 69.9 Å². The van der Waals surface area contributed by atoms with E-state index in [0.717, 1.165) is 17.5 Å². The SMILES string of the molecule is O=c1cc(C2(c3ccc(F)cc3)CCO2)cc[nH]1. The van der Waals surface area contributed by atoms with Crippen LogP contribution in [0.4, 0.5) is 4.39 Å². The minimum atomic E-state index is -0.595. The Morgan fingerprint density at radius 2 is 1.89 bits per heavy atom. The zero-order valence-electron chi connectivity index (χ0n) is 9.65. The van der Waals surface area contributed by atoms with Gasteiger partial charge < -0.3 is 9.72 Å². The second kappa shape index (κ2) is 4.07. The second-order valence-corrected chi connectivity index (χ2v) is 4.37. The van der Waals surface area contributed by atoms with Crippen molar-refractivity contribution in [2.45, 2.75) is 12.0 Å². The number of H-pyrrole nitrogens is 1. The first-order valence-electron chi connectivity index (χ1n) is 5.80. The maximum absolute atomic E-state index is 13.0. The number of aromatic nitrogens is 1. The topological polar surface area (TPSA) is 42.1 Å². The van der Waals surface area contributed by atoms with Gasteiger partial charge in [0.25, 0.3) is 0 Å². The van der Waals surface area contributed by atoms with Crippen LogP contribution >= 0.6 is 0 Å². The van der Waals surface area contributed by atoms with Crippen LogP contribution in [0.1, 0.15) is 17.5 Å². The molecule has 1 unspecified atom stereocenters. The molecule has 1 fully saturated rings. The van der Waals surface area contributed by atoms with Crippen molar-refractivity contribution in [3.63, 3.8) is 0 Å². The summed E-state index contributed by atoms with van der Waals surface area (Å²) in [6, 6.07) is 9.58. The zero-order chi connectivity index (χ0) is 12.6. The molecule has 1 aromatic heterocycles. The number of aromatic amines is 1. The molecule has 92 valence electrons. The molecule has 0 aliphatic carbocycles. The molecular weight excluding hydrogens is 233 g/mol. The molecule has 1 aromatic carbocycles. The van der Waals surface area contributed by atoms with Crippen molar-refractivity contribution in [1.29, 1.82) is 0 Å². The van der Waals surface area contributed by atoms with Gasteiger partial charge in [0.2, 0.25) is 5.56 Å². The molecule has 0 radical (unpaired) electrons. The predicted octanol–water partition coefficient (Wildman–Crippen LogP) is 2.18. The minimum absolute atomic E-state index is 0.163. The number of rotatable bonds is 2. The summed E-state index contributed by atoms with van der Waals surface area (Å²) in [5.74, 6) is -0.279. The smallest absolute Gasteiger partial charge is 0.248 e. The molecule has 1 atom stereocenters. The molecule has 1 aliphatic heterocycles. The van der Waals surface area contributed by atoms with Crippen LogP contribution in [0.15, 0.2) is 47.4 Å². The van der Waals surface area contributed by atoms with Gasteiger partial charge in [0.15, 0.2) is 0 Å². The van der Waals surface area contributed by atoms with Crippen molar-refractivity contribution in [2.75, 3.05) is 6.61 Å². The van der Waals surface area contributed by atoms with Gasteiger partial charge in [-0.2, -0.15) is 0 Å². The molecule has 1 aliphatic rings. The molecule has 3 nitrogen and oxygen atoms in total. The van der Waals surface area contributed by atoms with E-state index < -0.39 is 5.60 Å². The van der Waals surface area contributed by atoms with Crippen LogP contribution in [0.3, 0.4) is 0 Å². The number of pyridine rings is 1. The number of nitrogens with one attached hydrogen (secondary N) is 1. The second-order valence-electron chi connectivity index (χ2n) is 4.37. The fourth-order valence-electron chi connectivity index (χ4n) is 2.34. The summed E-state index contributed by atoms with van der Waals surface area (Å²) in [6.45, 7) is 0.643. The number of halogens is 1. The molecule has 18 heavy (non-hydrogen) atoms. The van der Waals surface area contributed by atoms with E-state index in [1.807, 2.05) is 6.07 Å². The predicted molar refractivity (Wildman–Crippen MR) is 64.8 cm³/mol. The largest absolute Gasteiger partial charge is 0.365 e. The molecule has 2 heterocycles. The van der Waals surface area contributed by atoms with E-state index >= 15 is 0 Å². The fourth-order valence-corrected chi connectivity index (χ4v) is 2.34. The highest BCUT2D eigenvalue weighted by molar-refractivity contribution is 5.37. The van der Waals surface area contributed by atoms with Crippen LogP contribution < -0.4 is 5.56 Å². The van der Waals surface area contributed by atoms with Gasteiger partial charge in [-0.05, 0) is 29.3 Å². The van der Waals surface area contributed by atoms with Crippen LogP contribution in [0, 0.1) is 5.82 Å². The van der Waals surface area contributed by atoms with Gasteiger partial charge in [-0.3, -0.25) is 4.79 Å². The number of hydrogen-bond acceptors (Lipinski definition) is 2. The van der Waals surface area contributed by atoms with Crippen molar-refractivity contribution in [2.24, 2.45) is 0 Å². The summed E-state index contributed by atoms with van der Waals surface area (Å²) < 4.78 is 18.7. The summed E-state index contributed by atoms with van der Waals surface area (Å²) in [7, 11) is 0. The van der Waals surface area contributed by atoms with Crippen LogP contribution in [0.2, 0.25) is 0 Å². The molecule has 0 amide bonds. The Bertz CT molecular complexity index is 614. The molecule has 4 heteroatoms. The molecule has 0 saturated carbocycles. The van der Waals surface area contributed by atoms with E-state index in [4.69, 9.17) is 4.74 Å². The van der Waals surface area contributed by atoms with E-state index in [0.29, 0.717) is 6.61 Å². The summed E-state index contributed by atoms with van der Waals surface area (Å²) in [6.07, 6.45) is 2.40. The Morgan fingerprint density at radius 1 is 1.17 bits per heavy atom. The van der Waals surface area contributed by atoms with Gasteiger partial charge in [0.05, 0.1) is 6.61 Å². The van der Waals surface area contributed by atoms with Gasteiger partial charge >= 0.3 is 0 Å². The van der Waals surface area contributed by atoms with E-state index in [2.05, 4.69) is 4.98 Å². The molecule has 1 N–H and O–H groups in total. The zero-order valence-corrected chi connectivity index (χ0v) is 9.65. The summed E-state index contributed by atoms with van der Waals surface area (Å²) >= 11 is 0. The third-order valence-electron chi connectivity index (χ3n) is 3.35. The molecular formula is C14H12FNO2. The summed E-state index contributed by atoms with van der Waals surface area (Å²) in [5, 5.41) is 0. The first-order chi connectivity index (χ1) is 8.71. The highest BCUT2D eigenvalue weighted by Gasteiger charge is 2.42. The average molecular weight is 245 g/mol. The third-order valence-corrected chi connectivity index (χ3v) is 3.35. The van der Waals surface area contributed by atoms with Crippen LogP contribution in [-0.4, -0.2) is 11.6 Å². The summed E-state index contributed by atoms with van der Waals surface area (Å²) in [5.41, 5.74) is 0.927. The van der Waals surface area contributed by atoms with Gasteiger partial charge in [-0.15, -0.1) is 0 Å². The van der Waals surface area contributed by atoms with Crippen molar-refractivity contribution in [3.8, 4) is 0 Å². The fraction of sp³-hybridized carbons (Fsp3) is 0.214. The van der Waals surface area contributed by atoms with Crippen LogP contribution in [0.25, 0.3) is 0 Å². The molecule has 2 aromatic rings. The average Bonchev–Trinajstić information content (AvgIpc) is 2.30. The lowest BCUT2D eigenvalue weighted by molar-refractivity contribution is -0.123. The lowest BCUT2D eigenvalue weighted by atomic mass is 9.80. The van der Waals surface area contributed by atoms with Gasteiger partial charge in [-0.25, -0.2) is 4.39 Å². The lowest BCUT2D eigenvalue weighted by Crippen LogP contribution is -2.42. The maximum Gasteiger partial charge on any atom is 0.248 e. The minimum Gasteiger partial charge on any atom is -0.365 e. The van der Waals surface area contributed by atoms with E-state index in [-0.39, 0.29) is 11.4 Å². The Labute approximate surface area is 103 Å². The van der Waals surface area contributed by atoms with Crippen molar-refractivity contribution in [1.82, 2.24) is 4.98 Å². The van der Waals surface area contributed by atoms with Crippen molar-refractivity contribution >= 4 is 0 Å². The van der Waals surface area contributed by atoms with Gasteiger partial charge in [-0.1, -0.05) is 12.1 Å². The first-order valence-corrected chi connectivity index (χ1v) is 5.80. The van der Waals surface area contributed by atoms with Crippen LogP contribution in [-0.2, 0) is 10.3 Å². The molecule has 3 rings (SSSR count). The van der Waals surface area contributed by atoms with Crippen molar-refractivity contribution < 1.29 is 9.13 Å². The first kappa shape index (κ1) is 11.2.